The van der Waals surface area contributed by atoms with Crippen LogP contribution in [-0.2, 0) is 10.0 Å². The summed E-state index contributed by atoms with van der Waals surface area (Å²) >= 11 is 5.59. The molecule has 2 rings (SSSR count). The quantitative estimate of drug-likeness (QED) is 0.873. The highest BCUT2D eigenvalue weighted by Gasteiger charge is 2.15. The van der Waals surface area contributed by atoms with Crippen molar-refractivity contribution < 1.29 is 13.2 Å². The predicted molar refractivity (Wildman–Crippen MR) is 70.8 cm³/mol. The third-order valence-corrected chi connectivity index (χ3v) is 3.75. The second-order valence-electron chi connectivity index (χ2n) is 3.50. The van der Waals surface area contributed by atoms with Crippen LogP contribution in [0.15, 0.2) is 41.4 Å². The van der Waals surface area contributed by atoms with Gasteiger partial charge in [0, 0.05) is 12.3 Å². The Morgan fingerprint density at radius 3 is 2.79 bits per heavy atom. The van der Waals surface area contributed by atoms with E-state index < -0.39 is 10.0 Å². The first kappa shape index (κ1) is 13.6. The van der Waals surface area contributed by atoms with Gasteiger partial charge in [-0.15, -0.1) is 0 Å². The van der Waals surface area contributed by atoms with E-state index in [2.05, 4.69) is 14.7 Å². The van der Waals surface area contributed by atoms with Crippen molar-refractivity contribution in [3.05, 3.63) is 41.8 Å². The number of anilines is 1. The van der Waals surface area contributed by atoms with Gasteiger partial charge < -0.3 is 4.74 Å². The Kier molecular flexibility index (Phi) is 3.87. The van der Waals surface area contributed by atoms with Crippen molar-refractivity contribution in [2.75, 3.05) is 11.8 Å². The standard InChI is InChI=1S/C11H10ClN3O3S/c1-18-8-3-2-4-9(7-8)19(16,17)15-10-5-6-13-11(12)14-10/h2-7H,1H3,(H,13,14,15). The Bertz CT molecular complexity index is 691. The van der Waals surface area contributed by atoms with Crippen LogP contribution >= 0.6 is 11.6 Å². The molecule has 0 aliphatic heterocycles. The van der Waals surface area contributed by atoms with E-state index in [1.807, 2.05) is 0 Å². The highest BCUT2D eigenvalue weighted by atomic mass is 35.5. The van der Waals surface area contributed by atoms with Crippen molar-refractivity contribution in [3.63, 3.8) is 0 Å². The molecule has 0 spiro atoms. The van der Waals surface area contributed by atoms with Gasteiger partial charge in [0.05, 0.1) is 12.0 Å². The van der Waals surface area contributed by atoms with E-state index in [1.54, 1.807) is 12.1 Å². The van der Waals surface area contributed by atoms with Crippen LogP contribution in [0.25, 0.3) is 0 Å². The lowest BCUT2D eigenvalue weighted by molar-refractivity contribution is 0.413. The number of sulfonamides is 1. The number of nitrogens with zero attached hydrogens (tertiary/aromatic N) is 2. The number of hydrogen-bond donors (Lipinski definition) is 1. The first-order valence-corrected chi connectivity index (χ1v) is 7.03. The molecule has 2 aromatic rings. The lowest BCUT2D eigenvalue weighted by Gasteiger charge is -2.08. The molecule has 0 amide bonds. The zero-order valence-corrected chi connectivity index (χ0v) is 11.4. The highest BCUT2D eigenvalue weighted by Crippen LogP contribution is 2.19. The Hall–Kier alpha value is -1.86. The number of benzene rings is 1. The van der Waals surface area contributed by atoms with E-state index in [1.165, 1.54) is 31.5 Å². The molecule has 0 atom stereocenters. The molecule has 0 unspecified atom stereocenters. The van der Waals surface area contributed by atoms with Gasteiger partial charge in [-0.2, -0.15) is 4.98 Å². The minimum atomic E-state index is -3.74. The van der Waals surface area contributed by atoms with Crippen molar-refractivity contribution in [1.29, 1.82) is 0 Å². The maximum atomic E-state index is 12.1. The molecule has 0 saturated carbocycles. The fraction of sp³-hybridized carbons (Fsp3) is 0.0909. The van der Waals surface area contributed by atoms with Gasteiger partial charge in [-0.25, -0.2) is 13.4 Å². The number of nitrogens with one attached hydrogen (secondary N) is 1. The zero-order chi connectivity index (χ0) is 13.9. The van der Waals surface area contributed by atoms with Crippen LogP contribution < -0.4 is 9.46 Å². The molecule has 0 aliphatic rings. The Morgan fingerprint density at radius 1 is 1.32 bits per heavy atom. The van der Waals surface area contributed by atoms with E-state index in [-0.39, 0.29) is 16.0 Å². The van der Waals surface area contributed by atoms with Crippen molar-refractivity contribution in [3.8, 4) is 5.75 Å². The molecule has 6 nitrogen and oxygen atoms in total. The normalized spacial score (nSPS) is 11.1. The molecular formula is C11H10ClN3O3S. The molecule has 1 heterocycles. The summed E-state index contributed by atoms with van der Waals surface area (Å²) < 4.78 is 31.5. The third kappa shape index (κ3) is 3.33. The predicted octanol–water partition coefficient (Wildman–Crippen LogP) is 1.94. The molecular weight excluding hydrogens is 290 g/mol. The van der Waals surface area contributed by atoms with Gasteiger partial charge in [-0.3, -0.25) is 4.72 Å². The highest BCUT2D eigenvalue weighted by molar-refractivity contribution is 7.92. The summed E-state index contributed by atoms with van der Waals surface area (Å²) in [6.45, 7) is 0. The average molecular weight is 300 g/mol. The topological polar surface area (TPSA) is 81.2 Å². The van der Waals surface area contributed by atoms with Gasteiger partial charge in [0.1, 0.15) is 11.6 Å². The van der Waals surface area contributed by atoms with Crippen LogP contribution in [0.4, 0.5) is 5.82 Å². The smallest absolute Gasteiger partial charge is 0.263 e. The van der Waals surface area contributed by atoms with Crippen LogP contribution in [0.3, 0.4) is 0 Å². The first-order valence-electron chi connectivity index (χ1n) is 5.17. The largest absolute Gasteiger partial charge is 0.497 e. The molecule has 1 aromatic carbocycles. The Labute approximate surface area is 115 Å². The van der Waals surface area contributed by atoms with Crippen molar-refractivity contribution in [2.45, 2.75) is 4.90 Å². The zero-order valence-electron chi connectivity index (χ0n) is 9.87. The van der Waals surface area contributed by atoms with Gasteiger partial charge >= 0.3 is 0 Å². The van der Waals surface area contributed by atoms with Crippen molar-refractivity contribution >= 4 is 27.4 Å². The first-order chi connectivity index (χ1) is 9.01. The lowest BCUT2D eigenvalue weighted by Crippen LogP contribution is -2.14. The molecule has 0 saturated heterocycles. The maximum absolute atomic E-state index is 12.1. The average Bonchev–Trinajstić information content (AvgIpc) is 2.38. The van der Waals surface area contributed by atoms with E-state index in [4.69, 9.17) is 16.3 Å². The summed E-state index contributed by atoms with van der Waals surface area (Å²) in [7, 11) is -2.28. The molecule has 1 N–H and O–H groups in total. The monoisotopic (exact) mass is 299 g/mol. The third-order valence-electron chi connectivity index (χ3n) is 2.22. The molecule has 0 bridgehead atoms. The molecule has 8 heteroatoms. The number of aromatic nitrogens is 2. The van der Waals surface area contributed by atoms with Crippen LogP contribution in [-0.4, -0.2) is 25.5 Å². The van der Waals surface area contributed by atoms with E-state index in [0.717, 1.165) is 0 Å². The summed E-state index contributed by atoms with van der Waals surface area (Å²) in [4.78, 5) is 7.50. The second kappa shape index (κ2) is 5.41. The van der Waals surface area contributed by atoms with Crippen molar-refractivity contribution in [2.24, 2.45) is 0 Å². The molecule has 0 radical (unpaired) electrons. The van der Waals surface area contributed by atoms with E-state index >= 15 is 0 Å². The molecule has 0 fully saturated rings. The van der Waals surface area contributed by atoms with Gasteiger partial charge in [0.2, 0.25) is 5.28 Å². The molecule has 100 valence electrons. The summed E-state index contributed by atoms with van der Waals surface area (Å²) in [5, 5.41) is -0.0363. The van der Waals surface area contributed by atoms with Crippen LogP contribution in [0, 0.1) is 0 Å². The fourth-order valence-electron chi connectivity index (χ4n) is 1.36. The Morgan fingerprint density at radius 2 is 2.11 bits per heavy atom. The van der Waals surface area contributed by atoms with Gasteiger partial charge in [0.15, 0.2) is 0 Å². The van der Waals surface area contributed by atoms with E-state index in [0.29, 0.717) is 5.75 Å². The fourth-order valence-corrected chi connectivity index (χ4v) is 2.54. The summed E-state index contributed by atoms with van der Waals surface area (Å²) in [6, 6.07) is 7.50. The molecule has 19 heavy (non-hydrogen) atoms. The van der Waals surface area contributed by atoms with Crippen LogP contribution in [0.1, 0.15) is 0 Å². The summed E-state index contributed by atoms with van der Waals surface area (Å²) in [5.74, 6) is 0.548. The second-order valence-corrected chi connectivity index (χ2v) is 5.52. The van der Waals surface area contributed by atoms with Gasteiger partial charge in [0.25, 0.3) is 10.0 Å². The minimum Gasteiger partial charge on any atom is -0.497 e. The molecule has 0 aliphatic carbocycles. The van der Waals surface area contributed by atoms with Gasteiger partial charge in [-0.1, -0.05) is 6.07 Å². The number of rotatable bonds is 4. The van der Waals surface area contributed by atoms with Crippen molar-refractivity contribution in [1.82, 2.24) is 9.97 Å². The number of methoxy groups -OCH3 is 1. The maximum Gasteiger partial charge on any atom is 0.263 e. The Balaban J connectivity index is 2.32. The number of hydrogen-bond acceptors (Lipinski definition) is 5. The summed E-state index contributed by atoms with van der Waals surface area (Å²) in [5.41, 5.74) is 0. The number of ether oxygens (including phenoxy) is 1. The lowest BCUT2D eigenvalue weighted by atomic mass is 10.3. The molecule has 1 aromatic heterocycles. The minimum absolute atomic E-state index is 0.0363. The van der Waals surface area contributed by atoms with Gasteiger partial charge in [-0.05, 0) is 29.8 Å². The van der Waals surface area contributed by atoms with E-state index in [9.17, 15) is 8.42 Å². The van der Waals surface area contributed by atoms with Crippen LogP contribution in [0.5, 0.6) is 5.75 Å². The number of halogens is 1. The van der Waals surface area contributed by atoms with Crippen LogP contribution in [0.2, 0.25) is 5.28 Å². The SMILES string of the molecule is COc1cccc(S(=O)(=O)Nc2ccnc(Cl)n2)c1. The summed E-state index contributed by atoms with van der Waals surface area (Å²) in [6.07, 6.45) is 1.36.